The maximum absolute atomic E-state index is 12.9. The lowest BCUT2D eigenvalue weighted by Crippen LogP contribution is -2.37. The zero-order valence-electron chi connectivity index (χ0n) is 17.8. The van der Waals surface area contributed by atoms with Crippen LogP contribution in [-0.4, -0.2) is 46.9 Å². The van der Waals surface area contributed by atoms with Crippen LogP contribution in [0.4, 0.5) is 19.0 Å². The van der Waals surface area contributed by atoms with Crippen molar-refractivity contribution >= 4 is 23.1 Å². The number of hydrogen-bond acceptors (Lipinski definition) is 5. The fourth-order valence-electron chi connectivity index (χ4n) is 4.52. The Morgan fingerprint density at radius 1 is 1.29 bits per heavy atom. The number of ether oxygens (including phenoxy) is 1. The summed E-state index contributed by atoms with van der Waals surface area (Å²) in [6, 6.07) is 1.88. The zero-order chi connectivity index (χ0) is 22.3. The minimum atomic E-state index is -4.13. The Hall–Kier alpha value is -2.78. The Morgan fingerprint density at radius 2 is 2.00 bits per heavy atom. The molecule has 4 rings (SSSR count). The number of nitrogens with one attached hydrogen (secondary N) is 2. The molecule has 0 aromatic carbocycles. The average Bonchev–Trinajstić information content (AvgIpc) is 3.10. The van der Waals surface area contributed by atoms with E-state index in [0.717, 1.165) is 11.5 Å². The third-order valence-corrected chi connectivity index (χ3v) is 6.18. The first-order valence-corrected chi connectivity index (χ1v) is 10.4. The molecule has 7 nitrogen and oxygen atoms in total. The van der Waals surface area contributed by atoms with Crippen LogP contribution in [0.3, 0.4) is 0 Å². The van der Waals surface area contributed by atoms with Crippen LogP contribution in [0.25, 0.3) is 11.4 Å². The van der Waals surface area contributed by atoms with Gasteiger partial charge in [0.25, 0.3) is 5.91 Å². The number of halogens is 3. The molecule has 2 N–H and O–H groups in total. The fourth-order valence-corrected chi connectivity index (χ4v) is 4.52. The Bertz CT molecular complexity index is 1040. The van der Waals surface area contributed by atoms with E-state index in [2.05, 4.69) is 20.7 Å². The van der Waals surface area contributed by atoms with Gasteiger partial charge in [0.05, 0.1) is 42.1 Å². The molecular weight excluding hydrogens is 411 g/mol. The number of aromatic nitrogens is 3. The highest BCUT2D eigenvalue weighted by atomic mass is 19.4. The Kier molecular flexibility index (Phi) is 5.57. The molecule has 1 fully saturated rings. The van der Waals surface area contributed by atoms with E-state index in [9.17, 15) is 18.0 Å². The summed E-state index contributed by atoms with van der Waals surface area (Å²) >= 11 is 0. The number of anilines is 1. The van der Waals surface area contributed by atoms with Crippen molar-refractivity contribution in [2.45, 2.75) is 45.7 Å². The first kappa shape index (κ1) is 21.5. The molecule has 1 amide bonds. The molecule has 2 aliphatic rings. The van der Waals surface area contributed by atoms with Crippen LogP contribution >= 0.6 is 0 Å². The van der Waals surface area contributed by atoms with Crippen molar-refractivity contribution in [3.8, 4) is 0 Å². The lowest BCUT2D eigenvalue weighted by molar-refractivity contribution is -0.183. The highest BCUT2D eigenvalue weighted by molar-refractivity contribution is 6.03. The smallest absolute Gasteiger partial charge is 0.391 e. The molecule has 0 unspecified atom stereocenters. The van der Waals surface area contributed by atoms with Gasteiger partial charge in [-0.05, 0) is 45.4 Å². The molecule has 2 aromatic heterocycles. The van der Waals surface area contributed by atoms with Crippen LogP contribution in [0.2, 0.25) is 0 Å². The van der Waals surface area contributed by atoms with Gasteiger partial charge in [-0.25, -0.2) is 4.98 Å². The molecule has 0 radical (unpaired) electrons. The van der Waals surface area contributed by atoms with Crippen LogP contribution in [0.5, 0.6) is 0 Å². The average molecular weight is 437 g/mol. The fraction of sp³-hybridized carbons (Fsp3) is 0.571. The Labute approximate surface area is 178 Å². The first-order chi connectivity index (χ1) is 14.7. The van der Waals surface area contributed by atoms with E-state index >= 15 is 0 Å². The van der Waals surface area contributed by atoms with E-state index in [0.29, 0.717) is 47.6 Å². The first-order valence-electron chi connectivity index (χ1n) is 10.4. The SMILES string of the molecule is COC1=C(C(=O)NCC2CCC(C(F)(F)F)CC2)CNc2c1c(C)nc1cc(C)nn21. The quantitative estimate of drug-likeness (QED) is 0.764. The highest BCUT2D eigenvalue weighted by Gasteiger charge is 2.41. The number of hydrogen-bond donors (Lipinski definition) is 2. The number of nitrogens with zero attached hydrogens (tertiary/aromatic N) is 3. The predicted octanol–water partition coefficient (Wildman–Crippen LogP) is 3.61. The van der Waals surface area contributed by atoms with Gasteiger partial charge in [-0.15, -0.1) is 0 Å². The molecule has 1 saturated carbocycles. The van der Waals surface area contributed by atoms with Crippen molar-refractivity contribution in [1.29, 1.82) is 0 Å². The third-order valence-electron chi connectivity index (χ3n) is 6.18. The molecule has 0 saturated heterocycles. The summed E-state index contributed by atoms with van der Waals surface area (Å²) in [4.78, 5) is 17.5. The summed E-state index contributed by atoms with van der Waals surface area (Å²) in [7, 11) is 1.51. The third kappa shape index (κ3) is 4.07. The number of carbonyl (C=O) groups is 1. The van der Waals surface area contributed by atoms with Gasteiger partial charge in [0.2, 0.25) is 0 Å². The largest absolute Gasteiger partial charge is 0.495 e. The standard InChI is InChI=1S/C21H26F3N5O2/c1-11-8-16-27-12(2)17-18(31-3)15(10-25-19(17)29(16)28-11)20(30)26-9-13-4-6-14(7-5-13)21(22,23)24/h8,13-14,25H,4-7,9-10H2,1-3H3,(H,26,30). The van der Waals surface area contributed by atoms with Gasteiger partial charge in [-0.3, -0.25) is 4.79 Å². The van der Waals surface area contributed by atoms with E-state index in [1.54, 1.807) is 4.52 Å². The van der Waals surface area contributed by atoms with E-state index in [1.165, 1.54) is 7.11 Å². The maximum Gasteiger partial charge on any atom is 0.391 e. The van der Waals surface area contributed by atoms with E-state index < -0.39 is 12.1 Å². The molecule has 1 aliphatic carbocycles. The van der Waals surface area contributed by atoms with Crippen LogP contribution in [0.1, 0.15) is 42.6 Å². The van der Waals surface area contributed by atoms with Gasteiger partial charge < -0.3 is 15.4 Å². The van der Waals surface area contributed by atoms with Gasteiger partial charge in [0.1, 0.15) is 11.6 Å². The summed E-state index contributed by atoms with van der Waals surface area (Å²) in [5.74, 6) is -0.307. The van der Waals surface area contributed by atoms with Crippen LogP contribution < -0.4 is 10.6 Å². The Balaban J connectivity index is 1.50. The van der Waals surface area contributed by atoms with Crippen molar-refractivity contribution in [1.82, 2.24) is 19.9 Å². The molecule has 1 aliphatic heterocycles. The summed E-state index contributed by atoms with van der Waals surface area (Å²) < 4.78 is 45.9. The van der Waals surface area contributed by atoms with Crippen molar-refractivity contribution in [2.75, 3.05) is 25.5 Å². The number of amides is 1. The molecule has 0 atom stereocenters. The van der Waals surface area contributed by atoms with Crippen molar-refractivity contribution in [3.05, 3.63) is 28.6 Å². The van der Waals surface area contributed by atoms with Gasteiger partial charge in [0, 0.05) is 12.6 Å². The molecule has 0 spiro atoms. The second kappa shape index (κ2) is 8.05. The number of fused-ring (bicyclic) bond motifs is 3. The summed E-state index contributed by atoms with van der Waals surface area (Å²) in [5, 5.41) is 10.6. The second-order valence-electron chi connectivity index (χ2n) is 8.31. The molecular formula is C21H26F3N5O2. The monoisotopic (exact) mass is 437 g/mol. The minimum Gasteiger partial charge on any atom is -0.495 e. The molecule has 2 aromatic rings. The van der Waals surface area contributed by atoms with E-state index in [-0.39, 0.29) is 31.2 Å². The number of methoxy groups -OCH3 is 1. The Morgan fingerprint density at radius 3 is 2.65 bits per heavy atom. The topological polar surface area (TPSA) is 80.5 Å². The van der Waals surface area contributed by atoms with E-state index in [4.69, 9.17) is 4.74 Å². The number of aryl methyl sites for hydroxylation is 2. The zero-order valence-corrected chi connectivity index (χ0v) is 17.8. The molecule has 168 valence electrons. The molecule has 10 heteroatoms. The summed E-state index contributed by atoms with van der Waals surface area (Å²) in [6.45, 7) is 4.33. The normalized spacial score (nSPS) is 21.6. The molecule has 3 heterocycles. The van der Waals surface area contributed by atoms with Crippen molar-refractivity contribution in [3.63, 3.8) is 0 Å². The van der Waals surface area contributed by atoms with Gasteiger partial charge in [-0.2, -0.15) is 22.8 Å². The maximum atomic E-state index is 12.9. The number of carbonyl (C=O) groups excluding carboxylic acids is 1. The van der Waals surface area contributed by atoms with Gasteiger partial charge >= 0.3 is 6.18 Å². The number of rotatable bonds is 4. The second-order valence-corrected chi connectivity index (χ2v) is 8.31. The summed E-state index contributed by atoms with van der Waals surface area (Å²) in [6.07, 6.45) is -2.97. The van der Waals surface area contributed by atoms with Gasteiger partial charge in [0.15, 0.2) is 5.65 Å². The number of alkyl halides is 3. The van der Waals surface area contributed by atoms with Gasteiger partial charge in [-0.1, -0.05) is 0 Å². The summed E-state index contributed by atoms with van der Waals surface area (Å²) in [5.41, 5.74) is 3.36. The van der Waals surface area contributed by atoms with Crippen molar-refractivity contribution < 1.29 is 22.7 Å². The van der Waals surface area contributed by atoms with E-state index in [1.807, 2.05) is 19.9 Å². The lowest BCUT2D eigenvalue weighted by atomic mass is 9.81. The van der Waals surface area contributed by atoms with Crippen LogP contribution in [0, 0.1) is 25.7 Å². The minimum absolute atomic E-state index is 0.0491. The molecule has 0 bridgehead atoms. The van der Waals surface area contributed by atoms with Crippen LogP contribution in [-0.2, 0) is 9.53 Å². The molecule has 31 heavy (non-hydrogen) atoms. The lowest BCUT2D eigenvalue weighted by Gasteiger charge is -2.30. The van der Waals surface area contributed by atoms with Crippen LogP contribution in [0.15, 0.2) is 11.6 Å². The van der Waals surface area contributed by atoms with Crippen molar-refractivity contribution in [2.24, 2.45) is 11.8 Å². The predicted molar refractivity (Wildman–Crippen MR) is 109 cm³/mol. The highest BCUT2D eigenvalue weighted by Crippen LogP contribution is 2.39.